The van der Waals surface area contributed by atoms with E-state index < -0.39 is 11.7 Å². The Labute approximate surface area is 129 Å². The normalized spacial score (nSPS) is 17.6. The van der Waals surface area contributed by atoms with Gasteiger partial charge in [-0.3, -0.25) is 4.79 Å². The van der Waals surface area contributed by atoms with Gasteiger partial charge in [-0.05, 0) is 25.5 Å². The van der Waals surface area contributed by atoms with Gasteiger partial charge in [-0.15, -0.1) is 12.4 Å². The van der Waals surface area contributed by atoms with Crippen LogP contribution in [-0.2, 0) is 0 Å². The molecule has 1 atom stereocenters. The number of hydrogen-bond donors (Lipinski definition) is 2. The fourth-order valence-corrected chi connectivity index (χ4v) is 2.27. The Morgan fingerprint density at radius 2 is 2.00 bits per heavy atom. The highest BCUT2D eigenvalue weighted by Gasteiger charge is 2.21. The Bertz CT molecular complexity index is 493. The Morgan fingerprint density at radius 1 is 1.33 bits per heavy atom. The van der Waals surface area contributed by atoms with Crippen LogP contribution < -0.4 is 20.1 Å². The largest absolute Gasteiger partial charge is 0.493 e. The maximum absolute atomic E-state index is 13.9. The number of hydrogen-bond acceptors (Lipinski definition) is 4. The van der Waals surface area contributed by atoms with Crippen LogP contribution in [0.5, 0.6) is 11.5 Å². The van der Waals surface area contributed by atoms with E-state index in [1.165, 1.54) is 20.3 Å². The van der Waals surface area contributed by atoms with E-state index in [-0.39, 0.29) is 29.8 Å². The zero-order valence-electron chi connectivity index (χ0n) is 12.1. The van der Waals surface area contributed by atoms with Crippen molar-refractivity contribution in [2.45, 2.75) is 18.9 Å². The fraction of sp³-hybridized carbons (Fsp3) is 0.500. The van der Waals surface area contributed by atoms with Crippen LogP contribution in [0.15, 0.2) is 12.1 Å². The predicted octanol–water partition coefficient (Wildman–Crippen LogP) is 1.75. The number of benzene rings is 1. The van der Waals surface area contributed by atoms with Crippen molar-refractivity contribution >= 4 is 18.3 Å². The molecule has 1 aromatic rings. The van der Waals surface area contributed by atoms with Gasteiger partial charge >= 0.3 is 0 Å². The fourth-order valence-electron chi connectivity index (χ4n) is 2.27. The van der Waals surface area contributed by atoms with Crippen LogP contribution in [0.4, 0.5) is 4.39 Å². The first kappa shape index (κ1) is 17.5. The van der Waals surface area contributed by atoms with Crippen LogP contribution in [0.2, 0.25) is 0 Å². The van der Waals surface area contributed by atoms with Crippen molar-refractivity contribution in [3.63, 3.8) is 0 Å². The highest BCUT2D eigenvalue weighted by Crippen LogP contribution is 2.29. The predicted molar refractivity (Wildman–Crippen MR) is 80.1 cm³/mol. The Kier molecular flexibility index (Phi) is 6.71. The molecule has 2 rings (SSSR count). The van der Waals surface area contributed by atoms with Crippen molar-refractivity contribution < 1.29 is 18.7 Å². The van der Waals surface area contributed by atoms with Crippen LogP contribution in [-0.4, -0.2) is 39.3 Å². The molecular weight excluding hydrogens is 299 g/mol. The van der Waals surface area contributed by atoms with Gasteiger partial charge in [0.15, 0.2) is 11.5 Å². The molecule has 1 saturated heterocycles. The molecule has 5 nitrogen and oxygen atoms in total. The van der Waals surface area contributed by atoms with E-state index in [1.54, 1.807) is 0 Å². The summed E-state index contributed by atoms with van der Waals surface area (Å²) in [5.41, 5.74) is -0.0341. The van der Waals surface area contributed by atoms with Crippen molar-refractivity contribution in [2.75, 3.05) is 27.3 Å². The standard InChI is InChI=1S/C14H19FN2O3.ClH/c1-19-12-6-10(11(15)7-13(12)20-2)14(18)17-9-4-3-5-16-8-9;/h6-7,9,16H,3-5,8H2,1-2H3,(H,17,18);1H. The Hall–Kier alpha value is -1.53. The number of halogens is 2. The van der Waals surface area contributed by atoms with E-state index in [0.717, 1.165) is 25.5 Å². The lowest BCUT2D eigenvalue weighted by atomic mass is 10.1. The summed E-state index contributed by atoms with van der Waals surface area (Å²) in [6.07, 6.45) is 1.90. The SMILES string of the molecule is COc1cc(F)c(C(=O)NC2CCCNC2)cc1OC.Cl. The van der Waals surface area contributed by atoms with E-state index in [1.807, 2.05) is 0 Å². The van der Waals surface area contributed by atoms with Gasteiger partial charge in [-0.25, -0.2) is 4.39 Å². The van der Waals surface area contributed by atoms with Gasteiger partial charge in [0.2, 0.25) is 0 Å². The lowest BCUT2D eigenvalue weighted by Gasteiger charge is -2.24. The number of amides is 1. The first-order chi connectivity index (χ1) is 9.65. The summed E-state index contributed by atoms with van der Waals surface area (Å²) in [7, 11) is 2.87. The average molecular weight is 319 g/mol. The summed E-state index contributed by atoms with van der Waals surface area (Å²) in [4.78, 5) is 12.1. The summed E-state index contributed by atoms with van der Waals surface area (Å²) in [6, 6.07) is 2.55. The molecule has 1 heterocycles. The number of carbonyl (C=O) groups is 1. The van der Waals surface area contributed by atoms with Crippen LogP contribution in [0.1, 0.15) is 23.2 Å². The summed E-state index contributed by atoms with van der Waals surface area (Å²) in [5.74, 6) is -0.456. The molecule has 1 fully saturated rings. The third-order valence-electron chi connectivity index (χ3n) is 3.35. The summed E-state index contributed by atoms with van der Waals surface area (Å²) in [6.45, 7) is 1.66. The number of methoxy groups -OCH3 is 2. The van der Waals surface area contributed by atoms with Crippen LogP contribution in [0.3, 0.4) is 0 Å². The van der Waals surface area contributed by atoms with Gasteiger partial charge < -0.3 is 20.1 Å². The molecule has 2 N–H and O–H groups in total. The second-order valence-corrected chi connectivity index (χ2v) is 4.70. The van der Waals surface area contributed by atoms with Gasteiger partial charge in [0.25, 0.3) is 5.91 Å². The number of ether oxygens (including phenoxy) is 2. The van der Waals surface area contributed by atoms with Crippen molar-refractivity contribution in [1.82, 2.24) is 10.6 Å². The van der Waals surface area contributed by atoms with Crippen molar-refractivity contribution in [2.24, 2.45) is 0 Å². The molecule has 1 unspecified atom stereocenters. The molecule has 1 amide bonds. The van der Waals surface area contributed by atoms with Crippen molar-refractivity contribution in [3.8, 4) is 11.5 Å². The monoisotopic (exact) mass is 318 g/mol. The molecule has 0 bridgehead atoms. The number of carbonyl (C=O) groups excluding carboxylic acids is 1. The van der Waals surface area contributed by atoms with Gasteiger partial charge in [0, 0.05) is 18.7 Å². The van der Waals surface area contributed by atoms with E-state index in [2.05, 4.69) is 10.6 Å². The van der Waals surface area contributed by atoms with Crippen LogP contribution in [0, 0.1) is 5.82 Å². The molecule has 1 aliphatic heterocycles. The topological polar surface area (TPSA) is 59.6 Å². The highest BCUT2D eigenvalue weighted by molar-refractivity contribution is 5.95. The van der Waals surface area contributed by atoms with Gasteiger partial charge in [0.1, 0.15) is 5.82 Å². The minimum Gasteiger partial charge on any atom is -0.493 e. The van der Waals surface area contributed by atoms with Crippen LogP contribution in [0.25, 0.3) is 0 Å². The molecule has 1 aliphatic rings. The Balaban J connectivity index is 0.00000220. The second kappa shape index (κ2) is 8.05. The van der Waals surface area contributed by atoms with Gasteiger partial charge in [-0.2, -0.15) is 0 Å². The molecule has 1 aromatic carbocycles. The highest BCUT2D eigenvalue weighted by atomic mass is 35.5. The smallest absolute Gasteiger partial charge is 0.254 e. The number of rotatable bonds is 4. The lowest BCUT2D eigenvalue weighted by Crippen LogP contribution is -2.45. The number of nitrogens with one attached hydrogen (secondary N) is 2. The summed E-state index contributed by atoms with van der Waals surface area (Å²) < 4.78 is 24.0. The zero-order valence-corrected chi connectivity index (χ0v) is 12.9. The minimum absolute atomic E-state index is 0. The lowest BCUT2D eigenvalue weighted by molar-refractivity contribution is 0.0926. The molecule has 0 aliphatic carbocycles. The first-order valence-corrected chi connectivity index (χ1v) is 6.58. The molecule has 118 valence electrons. The molecule has 0 aromatic heterocycles. The molecule has 0 radical (unpaired) electrons. The molecule has 0 spiro atoms. The van der Waals surface area contributed by atoms with Gasteiger partial charge in [0.05, 0.1) is 19.8 Å². The third-order valence-corrected chi connectivity index (χ3v) is 3.35. The van der Waals surface area contributed by atoms with E-state index in [9.17, 15) is 9.18 Å². The van der Waals surface area contributed by atoms with Crippen molar-refractivity contribution in [1.29, 1.82) is 0 Å². The maximum atomic E-state index is 13.9. The minimum atomic E-state index is -0.621. The average Bonchev–Trinajstić information content (AvgIpc) is 2.47. The quantitative estimate of drug-likeness (QED) is 0.888. The van der Waals surface area contributed by atoms with Crippen molar-refractivity contribution in [3.05, 3.63) is 23.5 Å². The molecular formula is C14H20ClFN2O3. The van der Waals surface area contributed by atoms with E-state index >= 15 is 0 Å². The van der Waals surface area contributed by atoms with E-state index in [0.29, 0.717) is 12.3 Å². The molecule has 0 saturated carbocycles. The Morgan fingerprint density at radius 3 is 2.57 bits per heavy atom. The third kappa shape index (κ3) is 4.22. The van der Waals surface area contributed by atoms with E-state index in [4.69, 9.17) is 9.47 Å². The number of piperidine rings is 1. The van der Waals surface area contributed by atoms with Crippen LogP contribution >= 0.6 is 12.4 Å². The molecule has 7 heteroatoms. The second-order valence-electron chi connectivity index (χ2n) is 4.70. The summed E-state index contributed by atoms with van der Waals surface area (Å²) >= 11 is 0. The maximum Gasteiger partial charge on any atom is 0.254 e. The molecule has 21 heavy (non-hydrogen) atoms. The summed E-state index contributed by atoms with van der Waals surface area (Å²) in [5, 5.41) is 6.02. The zero-order chi connectivity index (χ0) is 14.5. The van der Waals surface area contributed by atoms with Gasteiger partial charge in [-0.1, -0.05) is 0 Å². The first-order valence-electron chi connectivity index (χ1n) is 6.58.